The number of anilines is 1. The topological polar surface area (TPSA) is 112 Å². The number of hydrogen-bond donors (Lipinski definition) is 1. The van der Waals surface area contributed by atoms with Gasteiger partial charge in [0.25, 0.3) is 11.6 Å². The number of nitro groups is 1. The first kappa shape index (κ1) is 25.4. The van der Waals surface area contributed by atoms with Crippen molar-refractivity contribution in [1.82, 2.24) is 14.8 Å². The summed E-state index contributed by atoms with van der Waals surface area (Å²) in [6, 6.07) is 10.2. The predicted molar refractivity (Wildman–Crippen MR) is 146 cm³/mol. The van der Waals surface area contributed by atoms with Crippen molar-refractivity contribution in [2.45, 2.75) is 66.3 Å². The Kier molecular flexibility index (Phi) is 6.38. The quantitative estimate of drug-likeness (QED) is 0.209. The molecule has 2 aromatic heterocycles. The van der Waals surface area contributed by atoms with Crippen LogP contribution in [0.15, 0.2) is 36.4 Å². The van der Waals surface area contributed by atoms with E-state index in [1.807, 2.05) is 58.4 Å². The summed E-state index contributed by atoms with van der Waals surface area (Å²) in [5, 5.41) is 19.9. The van der Waals surface area contributed by atoms with E-state index in [9.17, 15) is 14.9 Å². The van der Waals surface area contributed by atoms with Crippen LogP contribution in [0.3, 0.4) is 0 Å². The van der Waals surface area contributed by atoms with E-state index in [1.165, 1.54) is 12.1 Å². The van der Waals surface area contributed by atoms with Crippen LogP contribution in [0.1, 0.15) is 77.1 Å². The van der Waals surface area contributed by atoms with Gasteiger partial charge in [0.1, 0.15) is 11.5 Å². The summed E-state index contributed by atoms with van der Waals surface area (Å²) in [5.41, 5.74) is 5.84. The van der Waals surface area contributed by atoms with Crippen LogP contribution in [0.4, 0.5) is 11.4 Å². The standard InChI is InChI=1S/C29H31N5O4/c1-15(2)33-28-27(19(6)32-33)24(14-25(31-28)20-7-8-20)29(35)30-21-11-22(34(36)37)13-23(12-21)38-26-10-16(3)9-17(4)18(26)5/h9-15,20H,7-8H2,1-6H3,(H,30,35). The molecule has 1 saturated carbocycles. The van der Waals surface area contributed by atoms with E-state index >= 15 is 0 Å². The number of non-ortho nitro benzene ring substituents is 1. The Labute approximate surface area is 221 Å². The number of nitrogens with zero attached hydrogens (tertiary/aromatic N) is 4. The number of aromatic nitrogens is 3. The Bertz CT molecular complexity index is 1600. The van der Waals surface area contributed by atoms with Crippen molar-refractivity contribution < 1.29 is 14.5 Å². The van der Waals surface area contributed by atoms with Crippen LogP contribution in [0.5, 0.6) is 11.5 Å². The third-order valence-corrected chi connectivity index (χ3v) is 6.94. The van der Waals surface area contributed by atoms with Gasteiger partial charge in [-0.15, -0.1) is 0 Å². The second-order valence-electron chi connectivity index (χ2n) is 10.4. The highest BCUT2D eigenvalue weighted by molar-refractivity contribution is 6.13. The maximum atomic E-state index is 13.7. The second kappa shape index (κ2) is 9.55. The number of nitro benzene ring substituents is 1. The van der Waals surface area contributed by atoms with Crippen molar-refractivity contribution >= 4 is 28.3 Å². The van der Waals surface area contributed by atoms with Gasteiger partial charge in [-0.05, 0) is 83.2 Å². The number of pyridine rings is 1. The molecule has 38 heavy (non-hydrogen) atoms. The van der Waals surface area contributed by atoms with E-state index in [0.29, 0.717) is 34.0 Å². The van der Waals surface area contributed by atoms with Gasteiger partial charge in [0.2, 0.25) is 0 Å². The molecule has 0 bridgehead atoms. The molecule has 0 radical (unpaired) electrons. The Morgan fingerprint density at radius 1 is 1.11 bits per heavy atom. The molecular formula is C29H31N5O4. The van der Waals surface area contributed by atoms with Gasteiger partial charge in [-0.1, -0.05) is 6.07 Å². The lowest BCUT2D eigenvalue weighted by atomic mass is 10.1. The van der Waals surface area contributed by atoms with Gasteiger partial charge in [-0.25, -0.2) is 9.67 Å². The van der Waals surface area contributed by atoms with Gasteiger partial charge in [0.15, 0.2) is 5.65 Å². The van der Waals surface area contributed by atoms with E-state index in [4.69, 9.17) is 9.72 Å². The first-order valence-electron chi connectivity index (χ1n) is 12.8. The molecule has 9 nitrogen and oxygen atoms in total. The van der Waals surface area contributed by atoms with Crippen molar-refractivity contribution in [3.8, 4) is 11.5 Å². The monoisotopic (exact) mass is 513 g/mol. The molecule has 0 atom stereocenters. The predicted octanol–water partition coefficient (Wildman–Crippen LogP) is 7.08. The Morgan fingerprint density at radius 3 is 2.50 bits per heavy atom. The number of amides is 1. The van der Waals surface area contributed by atoms with E-state index in [-0.39, 0.29) is 29.1 Å². The van der Waals surface area contributed by atoms with E-state index in [0.717, 1.165) is 35.2 Å². The van der Waals surface area contributed by atoms with Crippen molar-refractivity contribution in [3.63, 3.8) is 0 Å². The van der Waals surface area contributed by atoms with Crippen molar-refractivity contribution in [2.75, 3.05) is 5.32 Å². The molecular weight excluding hydrogens is 482 g/mol. The minimum absolute atomic E-state index is 0.0780. The summed E-state index contributed by atoms with van der Waals surface area (Å²) in [4.78, 5) is 29.7. The van der Waals surface area contributed by atoms with Gasteiger partial charge in [0, 0.05) is 29.8 Å². The fraction of sp³-hybridized carbons (Fsp3) is 0.345. The van der Waals surface area contributed by atoms with Gasteiger partial charge < -0.3 is 10.1 Å². The maximum absolute atomic E-state index is 13.7. The molecule has 0 spiro atoms. The number of carbonyl (C=O) groups is 1. The Morgan fingerprint density at radius 2 is 1.84 bits per heavy atom. The van der Waals surface area contributed by atoms with Gasteiger partial charge in [-0.2, -0.15) is 5.10 Å². The van der Waals surface area contributed by atoms with Crippen LogP contribution in [-0.4, -0.2) is 25.6 Å². The molecule has 1 aliphatic carbocycles. The molecule has 1 fully saturated rings. The van der Waals surface area contributed by atoms with E-state index in [2.05, 4.69) is 16.5 Å². The molecule has 5 rings (SSSR count). The fourth-order valence-electron chi connectivity index (χ4n) is 4.71. The minimum atomic E-state index is -0.497. The van der Waals surface area contributed by atoms with Gasteiger partial charge in [-0.3, -0.25) is 14.9 Å². The highest BCUT2D eigenvalue weighted by Crippen LogP contribution is 2.41. The number of nitrogens with one attached hydrogen (secondary N) is 1. The van der Waals surface area contributed by atoms with Crippen molar-refractivity contribution in [2.24, 2.45) is 0 Å². The molecule has 1 aliphatic rings. The molecule has 1 amide bonds. The number of carbonyl (C=O) groups excluding carboxylic acids is 1. The summed E-state index contributed by atoms with van der Waals surface area (Å²) in [5.74, 6) is 0.840. The molecule has 2 aromatic carbocycles. The Hall–Kier alpha value is -4.27. The number of rotatable bonds is 7. The molecule has 1 N–H and O–H groups in total. The zero-order valence-electron chi connectivity index (χ0n) is 22.5. The highest BCUT2D eigenvalue weighted by atomic mass is 16.6. The van der Waals surface area contributed by atoms with Crippen LogP contribution in [0, 0.1) is 37.8 Å². The molecule has 2 heterocycles. The van der Waals surface area contributed by atoms with E-state index < -0.39 is 4.92 Å². The van der Waals surface area contributed by atoms with Crippen LogP contribution in [-0.2, 0) is 0 Å². The maximum Gasteiger partial charge on any atom is 0.275 e. The van der Waals surface area contributed by atoms with Gasteiger partial charge in [0.05, 0.1) is 33.3 Å². The smallest absolute Gasteiger partial charge is 0.275 e. The first-order valence-corrected chi connectivity index (χ1v) is 12.8. The molecule has 0 saturated heterocycles. The lowest BCUT2D eigenvalue weighted by molar-refractivity contribution is -0.384. The van der Waals surface area contributed by atoms with Crippen LogP contribution in [0.25, 0.3) is 11.0 Å². The third-order valence-electron chi connectivity index (χ3n) is 6.94. The summed E-state index contributed by atoms with van der Waals surface area (Å²) in [6.45, 7) is 11.8. The lowest BCUT2D eigenvalue weighted by Gasteiger charge is -2.14. The number of aryl methyl sites for hydroxylation is 3. The van der Waals surface area contributed by atoms with Gasteiger partial charge >= 0.3 is 0 Å². The van der Waals surface area contributed by atoms with E-state index in [1.54, 1.807) is 6.07 Å². The zero-order valence-corrected chi connectivity index (χ0v) is 22.5. The SMILES string of the molecule is Cc1cc(C)c(C)c(Oc2cc(NC(=O)c3cc(C4CC4)nc4c3c(C)nn4C(C)C)cc([N+](=O)[O-])c2)c1. The highest BCUT2D eigenvalue weighted by Gasteiger charge is 2.29. The van der Waals surface area contributed by atoms with Crippen LogP contribution < -0.4 is 10.1 Å². The van der Waals surface area contributed by atoms with Crippen LogP contribution in [0.2, 0.25) is 0 Å². The zero-order chi connectivity index (χ0) is 27.3. The third kappa shape index (κ3) is 4.83. The average Bonchev–Trinajstić information content (AvgIpc) is 3.64. The normalized spacial score (nSPS) is 13.2. The van der Waals surface area contributed by atoms with Crippen molar-refractivity contribution in [1.29, 1.82) is 0 Å². The molecule has 9 heteroatoms. The number of benzene rings is 2. The first-order chi connectivity index (χ1) is 18.0. The number of fused-ring (bicyclic) bond motifs is 1. The van der Waals surface area contributed by atoms with Crippen molar-refractivity contribution in [3.05, 3.63) is 80.2 Å². The minimum Gasteiger partial charge on any atom is -0.457 e. The molecule has 0 aliphatic heterocycles. The largest absolute Gasteiger partial charge is 0.457 e. The van der Waals surface area contributed by atoms with Crippen LogP contribution >= 0.6 is 0 Å². The summed E-state index contributed by atoms with van der Waals surface area (Å²) < 4.78 is 7.93. The molecule has 196 valence electrons. The fourth-order valence-corrected chi connectivity index (χ4v) is 4.71. The molecule has 4 aromatic rings. The summed E-state index contributed by atoms with van der Waals surface area (Å²) in [6.07, 6.45) is 2.08. The Balaban J connectivity index is 1.54. The summed E-state index contributed by atoms with van der Waals surface area (Å²) >= 11 is 0. The lowest BCUT2D eigenvalue weighted by Crippen LogP contribution is -2.14. The molecule has 0 unspecified atom stereocenters. The number of hydrogen-bond acceptors (Lipinski definition) is 6. The summed E-state index contributed by atoms with van der Waals surface area (Å²) in [7, 11) is 0. The number of ether oxygens (including phenoxy) is 1. The second-order valence-corrected chi connectivity index (χ2v) is 10.4. The average molecular weight is 514 g/mol.